The maximum atomic E-state index is 13.4. The number of piperidine rings is 1. The van der Waals surface area contributed by atoms with E-state index >= 15 is 0 Å². The fourth-order valence-corrected chi connectivity index (χ4v) is 4.67. The second-order valence-corrected chi connectivity index (χ2v) is 8.89. The lowest BCUT2D eigenvalue weighted by molar-refractivity contribution is -0.00392. The lowest BCUT2D eigenvalue weighted by atomic mass is 9.82. The summed E-state index contributed by atoms with van der Waals surface area (Å²) < 4.78 is 25.4. The van der Waals surface area contributed by atoms with Gasteiger partial charge in [-0.25, -0.2) is 13.4 Å². The van der Waals surface area contributed by atoms with Crippen LogP contribution in [-0.4, -0.2) is 50.2 Å². The van der Waals surface area contributed by atoms with E-state index in [1.165, 1.54) is 6.07 Å². The number of nitrogens with zero attached hydrogens (tertiary/aromatic N) is 1. The van der Waals surface area contributed by atoms with E-state index in [-0.39, 0.29) is 5.82 Å². The van der Waals surface area contributed by atoms with Crippen LogP contribution in [0.4, 0.5) is 4.39 Å². The molecule has 1 unspecified atom stereocenters. The van der Waals surface area contributed by atoms with Gasteiger partial charge in [-0.05, 0) is 76.4 Å². The third-order valence-corrected chi connectivity index (χ3v) is 6.31. The molecule has 4 nitrogen and oxygen atoms in total. The predicted octanol–water partition coefficient (Wildman–Crippen LogP) is 3.56. The molecule has 2 atom stereocenters. The van der Waals surface area contributed by atoms with Gasteiger partial charge in [0, 0.05) is 30.6 Å². The van der Waals surface area contributed by atoms with Crippen molar-refractivity contribution >= 4 is 12.1 Å². The summed E-state index contributed by atoms with van der Waals surface area (Å²) in [6, 6.07) is 7.59. The Labute approximate surface area is 161 Å². The first kappa shape index (κ1) is 20.1. The average Bonchev–Trinajstić information content (AvgIpc) is 2.66. The zero-order valence-electron chi connectivity index (χ0n) is 15.9. The average molecular weight is 382 g/mol. The molecule has 1 saturated heterocycles. The lowest BCUT2D eigenvalue weighted by Gasteiger charge is -2.35. The van der Waals surface area contributed by atoms with Gasteiger partial charge in [-0.2, -0.15) is 0 Å². The van der Waals surface area contributed by atoms with Crippen LogP contribution in [0.3, 0.4) is 0 Å². The molecular weight excluding hydrogens is 349 g/mol. The van der Waals surface area contributed by atoms with Gasteiger partial charge in [0.2, 0.25) is 0 Å². The lowest BCUT2D eigenvalue weighted by Crippen LogP contribution is -2.48. The number of hydrogen-bond donors (Lipinski definition) is 2. The van der Waals surface area contributed by atoms with Crippen LogP contribution in [0.15, 0.2) is 24.3 Å². The summed E-state index contributed by atoms with van der Waals surface area (Å²) in [4.78, 5) is 0. The van der Waals surface area contributed by atoms with E-state index in [1.807, 2.05) is 6.07 Å². The molecule has 1 heterocycles. The molecule has 1 aliphatic heterocycles. The normalized spacial score (nSPS) is 29.8. The summed E-state index contributed by atoms with van der Waals surface area (Å²) in [6.45, 7) is 2.90. The standard InChI is InChI=1S/C20H32FN3OS/c1-24(2)26-23-20-10-11-22-13-17(20)14-25-19-8-6-15(7-9-19)16-4-3-5-18(21)12-16/h3-5,12,15,17,19-20,22-23H,6-11,13-14H2,1-2H3/t15?,17-,19?,20?/m0/s1. The predicted molar refractivity (Wildman–Crippen MR) is 107 cm³/mol. The Morgan fingerprint density at radius 2 is 2.04 bits per heavy atom. The van der Waals surface area contributed by atoms with Gasteiger partial charge in [0.1, 0.15) is 5.82 Å². The number of halogens is 1. The van der Waals surface area contributed by atoms with Crippen LogP contribution in [0.1, 0.15) is 43.6 Å². The smallest absolute Gasteiger partial charge is 0.123 e. The zero-order valence-corrected chi connectivity index (χ0v) is 16.7. The first-order chi connectivity index (χ1) is 12.6. The molecular formula is C20H32FN3OS. The fourth-order valence-electron chi connectivity index (χ4n) is 4.01. The minimum atomic E-state index is -0.125. The third-order valence-electron chi connectivity index (χ3n) is 5.53. The van der Waals surface area contributed by atoms with Crippen molar-refractivity contribution in [1.29, 1.82) is 0 Å². The van der Waals surface area contributed by atoms with Crippen molar-refractivity contribution in [1.82, 2.24) is 14.3 Å². The van der Waals surface area contributed by atoms with Gasteiger partial charge in [0.05, 0.1) is 12.7 Å². The van der Waals surface area contributed by atoms with E-state index in [4.69, 9.17) is 4.74 Å². The first-order valence-electron chi connectivity index (χ1n) is 9.79. The second kappa shape index (κ2) is 10.0. The Hall–Kier alpha value is -0.660. The molecule has 3 rings (SSSR count). The first-order valence-corrected chi connectivity index (χ1v) is 10.6. The SMILES string of the molecule is CN(C)SNC1CCNC[C@H]1COC1CCC(c2cccc(F)c2)CC1. The van der Waals surface area contributed by atoms with E-state index in [0.717, 1.165) is 57.4 Å². The highest BCUT2D eigenvalue weighted by molar-refractivity contribution is 7.95. The van der Waals surface area contributed by atoms with Crippen LogP contribution in [0, 0.1) is 11.7 Å². The minimum absolute atomic E-state index is 0.125. The van der Waals surface area contributed by atoms with E-state index in [2.05, 4.69) is 34.5 Å². The van der Waals surface area contributed by atoms with E-state index in [9.17, 15) is 4.39 Å². The van der Waals surface area contributed by atoms with E-state index in [1.54, 1.807) is 18.2 Å². The summed E-state index contributed by atoms with van der Waals surface area (Å²) >= 11 is 1.67. The summed E-state index contributed by atoms with van der Waals surface area (Å²) in [5.74, 6) is 0.866. The fraction of sp³-hybridized carbons (Fsp3) is 0.700. The van der Waals surface area contributed by atoms with Crippen LogP contribution in [0.2, 0.25) is 0 Å². The summed E-state index contributed by atoms with van der Waals surface area (Å²) in [6.07, 6.45) is 5.83. The zero-order chi connectivity index (χ0) is 18.4. The third kappa shape index (κ3) is 5.92. The maximum absolute atomic E-state index is 13.4. The highest BCUT2D eigenvalue weighted by Gasteiger charge is 2.28. The molecule has 26 heavy (non-hydrogen) atoms. The van der Waals surface area contributed by atoms with Crippen LogP contribution < -0.4 is 10.0 Å². The van der Waals surface area contributed by atoms with Gasteiger partial charge in [-0.3, -0.25) is 0 Å². The van der Waals surface area contributed by atoms with Crippen LogP contribution >= 0.6 is 12.1 Å². The Balaban J connectivity index is 1.42. The van der Waals surface area contributed by atoms with Gasteiger partial charge in [0.25, 0.3) is 0 Å². The number of rotatable bonds is 7. The van der Waals surface area contributed by atoms with Gasteiger partial charge in [-0.1, -0.05) is 12.1 Å². The van der Waals surface area contributed by atoms with Gasteiger partial charge >= 0.3 is 0 Å². The quantitative estimate of drug-likeness (QED) is 0.707. The molecule has 1 aliphatic carbocycles. The number of nitrogens with one attached hydrogen (secondary N) is 2. The van der Waals surface area contributed by atoms with Gasteiger partial charge in [0.15, 0.2) is 0 Å². The number of benzene rings is 1. The van der Waals surface area contributed by atoms with Crippen LogP contribution in [-0.2, 0) is 4.74 Å². The van der Waals surface area contributed by atoms with Crippen molar-refractivity contribution in [2.75, 3.05) is 33.8 Å². The molecule has 2 N–H and O–H groups in total. The van der Waals surface area contributed by atoms with E-state index < -0.39 is 0 Å². The maximum Gasteiger partial charge on any atom is 0.123 e. The number of hydrogen-bond acceptors (Lipinski definition) is 5. The molecule has 0 amide bonds. The van der Waals surface area contributed by atoms with Crippen LogP contribution in [0.5, 0.6) is 0 Å². The van der Waals surface area contributed by atoms with E-state index in [0.29, 0.717) is 24.0 Å². The van der Waals surface area contributed by atoms with Crippen molar-refractivity contribution in [3.8, 4) is 0 Å². The number of ether oxygens (including phenoxy) is 1. The van der Waals surface area contributed by atoms with Crippen LogP contribution in [0.25, 0.3) is 0 Å². The molecule has 0 aromatic heterocycles. The molecule has 1 aromatic rings. The molecule has 0 radical (unpaired) electrons. The monoisotopic (exact) mass is 381 g/mol. The van der Waals surface area contributed by atoms with Crippen molar-refractivity contribution in [3.05, 3.63) is 35.6 Å². The molecule has 6 heteroatoms. The van der Waals surface area contributed by atoms with Crippen molar-refractivity contribution in [2.45, 2.75) is 50.2 Å². The Morgan fingerprint density at radius 3 is 2.77 bits per heavy atom. The summed E-state index contributed by atoms with van der Waals surface area (Å²) in [5.41, 5.74) is 1.14. The van der Waals surface area contributed by atoms with Crippen molar-refractivity contribution < 1.29 is 9.13 Å². The minimum Gasteiger partial charge on any atom is -0.378 e. The Kier molecular flexibility index (Phi) is 7.76. The molecule has 2 aliphatic rings. The largest absolute Gasteiger partial charge is 0.378 e. The molecule has 1 saturated carbocycles. The Bertz CT molecular complexity index is 552. The highest BCUT2D eigenvalue weighted by atomic mass is 32.2. The summed E-state index contributed by atoms with van der Waals surface area (Å²) in [5, 5.41) is 3.50. The van der Waals surface area contributed by atoms with Crippen molar-refractivity contribution in [2.24, 2.45) is 5.92 Å². The van der Waals surface area contributed by atoms with Crippen molar-refractivity contribution in [3.63, 3.8) is 0 Å². The second-order valence-electron chi connectivity index (χ2n) is 7.74. The molecule has 2 fully saturated rings. The van der Waals surface area contributed by atoms with Gasteiger partial charge < -0.3 is 10.1 Å². The Morgan fingerprint density at radius 1 is 1.23 bits per heavy atom. The van der Waals surface area contributed by atoms with Gasteiger partial charge in [-0.15, -0.1) is 0 Å². The molecule has 0 bridgehead atoms. The highest BCUT2D eigenvalue weighted by Crippen LogP contribution is 2.34. The molecule has 1 aromatic carbocycles. The molecule has 0 spiro atoms. The summed E-state index contributed by atoms with van der Waals surface area (Å²) in [7, 11) is 4.11. The topological polar surface area (TPSA) is 36.5 Å². The molecule has 146 valence electrons.